The van der Waals surface area contributed by atoms with Crippen LogP contribution in [0.3, 0.4) is 0 Å². The second-order valence-corrected chi connectivity index (χ2v) is 4.75. The van der Waals surface area contributed by atoms with Gasteiger partial charge in [0.2, 0.25) is 5.91 Å². The fraction of sp³-hybridized carbons (Fsp3) is 0.727. The summed E-state index contributed by atoms with van der Waals surface area (Å²) in [5.74, 6) is -0.992. The molecule has 1 amide bonds. The molecule has 1 heterocycles. The van der Waals surface area contributed by atoms with E-state index in [-0.39, 0.29) is 25.4 Å². The van der Waals surface area contributed by atoms with Gasteiger partial charge in [-0.1, -0.05) is 12.2 Å². The van der Waals surface area contributed by atoms with E-state index in [1.165, 1.54) is 10.3 Å². The topological polar surface area (TPSA) is 98.1 Å². The number of hydrogen-bond donors (Lipinski definition) is 3. The molecule has 0 aromatic carbocycles. The normalized spacial score (nSPS) is 32.1. The van der Waals surface area contributed by atoms with E-state index in [1.54, 1.807) is 0 Å². The monoisotopic (exact) mass is 275 g/mol. The van der Waals surface area contributed by atoms with E-state index < -0.39 is 23.6 Å². The Kier molecular flexibility index (Phi) is 4.92. The molecule has 1 aliphatic rings. The van der Waals surface area contributed by atoms with E-state index >= 15 is 0 Å². The van der Waals surface area contributed by atoms with Crippen molar-refractivity contribution in [1.29, 1.82) is 0 Å². The number of piperidine rings is 1. The van der Waals surface area contributed by atoms with Crippen LogP contribution in [0.15, 0.2) is 0 Å². The van der Waals surface area contributed by atoms with Crippen LogP contribution in [0.25, 0.3) is 0 Å². The van der Waals surface area contributed by atoms with Crippen molar-refractivity contribution in [2.75, 3.05) is 13.1 Å². The number of aliphatic hydroxyl groups is 3. The Morgan fingerprint density at radius 2 is 1.89 bits per heavy atom. The van der Waals surface area contributed by atoms with E-state index in [4.69, 9.17) is 0 Å². The summed E-state index contributed by atoms with van der Waals surface area (Å²) in [6.07, 6.45) is -2.37. The van der Waals surface area contributed by atoms with Gasteiger partial charge in [-0.2, -0.15) is 0 Å². The first-order valence-corrected chi connectivity index (χ1v) is 6.12. The number of aliphatic hydroxyl groups excluding tert-OH is 2. The van der Waals surface area contributed by atoms with Crippen molar-refractivity contribution in [3.8, 4) is 0 Å². The minimum atomic E-state index is -2.19. The fourth-order valence-corrected chi connectivity index (χ4v) is 2.12. The summed E-state index contributed by atoms with van der Waals surface area (Å²) in [4.78, 5) is 24.2. The molecule has 1 rings (SSSR count). The molecule has 2 unspecified atom stereocenters. The van der Waals surface area contributed by atoms with Crippen LogP contribution in [-0.4, -0.2) is 68.2 Å². The van der Waals surface area contributed by atoms with Crippen LogP contribution in [-0.2, 0) is 9.59 Å². The van der Waals surface area contributed by atoms with Crippen molar-refractivity contribution in [3.05, 3.63) is 0 Å². The maximum absolute atomic E-state index is 11.7. The summed E-state index contributed by atoms with van der Waals surface area (Å²) in [6, 6.07) is 0. The predicted molar refractivity (Wildman–Crippen MR) is 67.1 cm³/mol. The van der Waals surface area contributed by atoms with Gasteiger partial charge in [-0.3, -0.25) is 9.59 Å². The molecule has 102 valence electrons. The first-order valence-electron chi connectivity index (χ1n) is 5.65. The third-order valence-corrected chi connectivity index (χ3v) is 3.43. The Balaban J connectivity index is 2.75. The molecule has 0 saturated carbocycles. The number of rotatable bonds is 4. The Bertz CT molecular complexity index is 347. The van der Waals surface area contributed by atoms with E-state index in [2.05, 4.69) is 12.2 Å². The third kappa shape index (κ3) is 2.74. The standard InChI is InChI=1S/C11H17NO5S/c1-7(13)11(17)8(14)5-12(6-9(11)15)10(16)3-2-4-18/h4,8-9,14-15,17H,2-3,5-6H2,1H3. The molecular formula is C11H17NO5S. The molecule has 0 aliphatic carbocycles. The number of thiocarbonyl (C=S) groups is 1. The molecule has 6 nitrogen and oxygen atoms in total. The Labute approximate surface area is 110 Å². The lowest BCUT2D eigenvalue weighted by molar-refractivity contribution is -0.192. The number of nitrogens with zero attached hydrogens (tertiary/aromatic N) is 1. The number of amides is 1. The van der Waals surface area contributed by atoms with Crippen molar-refractivity contribution in [2.24, 2.45) is 0 Å². The number of likely N-dealkylation sites (tertiary alicyclic amines) is 1. The average Bonchev–Trinajstić information content (AvgIpc) is 2.31. The van der Waals surface area contributed by atoms with Crippen LogP contribution < -0.4 is 0 Å². The highest BCUT2D eigenvalue weighted by atomic mass is 32.1. The summed E-state index contributed by atoms with van der Waals surface area (Å²) in [5.41, 5.74) is -2.19. The molecular weight excluding hydrogens is 258 g/mol. The van der Waals surface area contributed by atoms with E-state index in [0.717, 1.165) is 6.92 Å². The quantitative estimate of drug-likeness (QED) is 0.549. The minimum absolute atomic E-state index is 0.177. The van der Waals surface area contributed by atoms with Crippen LogP contribution in [0.5, 0.6) is 0 Å². The lowest BCUT2D eigenvalue weighted by Gasteiger charge is -2.43. The van der Waals surface area contributed by atoms with E-state index in [1.807, 2.05) is 0 Å². The molecule has 18 heavy (non-hydrogen) atoms. The van der Waals surface area contributed by atoms with Gasteiger partial charge in [-0.05, 0) is 18.7 Å². The van der Waals surface area contributed by atoms with E-state index in [9.17, 15) is 24.9 Å². The number of Topliss-reactive ketones (excluding diaryl/α,β-unsaturated/α-hetero) is 1. The second-order valence-electron chi connectivity index (χ2n) is 4.42. The van der Waals surface area contributed by atoms with Gasteiger partial charge in [-0.25, -0.2) is 0 Å². The maximum atomic E-state index is 11.7. The number of carbonyl (C=O) groups excluding carboxylic acids is 2. The van der Waals surface area contributed by atoms with E-state index in [0.29, 0.717) is 6.42 Å². The van der Waals surface area contributed by atoms with Crippen LogP contribution in [0.4, 0.5) is 0 Å². The number of carbonyl (C=O) groups is 2. The highest BCUT2D eigenvalue weighted by Crippen LogP contribution is 2.24. The maximum Gasteiger partial charge on any atom is 0.223 e. The second kappa shape index (κ2) is 5.83. The molecule has 7 heteroatoms. The largest absolute Gasteiger partial charge is 0.388 e. The van der Waals surface area contributed by atoms with Gasteiger partial charge in [-0.15, -0.1) is 0 Å². The van der Waals surface area contributed by atoms with Crippen molar-refractivity contribution < 1.29 is 24.9 Å². The smallest absolute Gasteiger partial charge is 0.223 e. The SMILES string of the molecule is CC(=O)C1(O)C(O)CN(C(=O)CCC=S)CC1O. The summed E-state index contributed by atoms with van der Waals surface area (Å²) in [5, 5.41) is 30.9. The van der Waals surface area contributed by atoms with Crippen LogP contribution >= 0.6 is 12.2 Å². The molecule has 0 radical (unpaired) electrons. The Morgan fingerprint density at radius 3 is 2.28 bits per heavy atom. The molecule has 1 fully saturated rings. The highest BCUT2D eigenvalue weighted by Gasteiger charge is 2.52. The molecule has 0 spiro atoms. The van der Waals surface area contributed by atoms with Crippen molar-refractivity contribution in [2.45, 2.75) is 37.6 Å². The molecule has 0 aromatic rings. The Morgan fingerprint density at radius 1 is 1.39 bits per heavy atom. The molecule has 2 atom stereocenters. The van der Waals surface area contributed by atoms with Gasteiger partial charge >= 0.3 is 0 Å². The van der Waals surface area contributed by atoms with Gasteiger partial charge in [0.1, 0.15) is 12.2 Å². The van der Waals surface area contributed by atoms with Crippen molar-refractivity contribution in [3.63, 3.8) is 0 Å². The van der Waals surface area contributed by atoms with Gasteiger partial charge in [0.25, 0.3) is 0 Å². The van der Waals surface area contributed by atoms with Crippen LogP contribution in [0.1, 0.15) is 19.8 Å². The molecule has 1 saturated heterocycles. The zero-order valence-electron chi connectivity index (χ0n) is 10.1. The highest BCUT2D eigenvalue weighted by molar-refractivity contribution is 7.78. The lowest BCUT2D eigenvalue weighted by Crippen LogP contribution is -2.68. The summed E-state index contributed by atoms with van der Waals surface area (Å²) >= 11 is 4.61. The summed E-state index contributed by atoms with van der Waals surface area (Å²) in [6.45, 7) is 0.739. The van der Waals surface area contributed by atoms with Crippen LogP contribution in [0, 0.1) is 0 Å². The molecule has 0 bridgehead atoms. The average molecular weight is 275 g/mol. The zero-order chi connectivity index (χ0) is 13.9. The number of ketones is 1. The van der Waals surface area contributed by atoms with Gasteiger partial charge in [0.15, 0.2) is 11.4 Å². The molecule has 1 aliphatic heterocycles. The Hall–Kier alpha value is -0.890. The van der Waals surface area contributed by atoms with Crippen molar-refractivity contribution in [1.82, 2.24) is 4.90 Å². The predicted octanol–water partition coefficient (Wildman–Crippen LogP) is -1.35. The minimum Gasteiger partial charge on any atom is -0.388 e. The number of hydrogen-bond acceptors (Lipinski definition) is 6. The third-order valence-electron chi connectivity index (χ3n) is 3.20. The van der Waals surface area contributed by atoms with Gasteiger partial charge in [0, 0.05) is 6.42 Å². The lowest BCUT2D eigenvalue weighted by atomic mass is 9.82. The molecule has 0 aromatic heterocycles. The first-order chi connectivity index (χ1) is 8.33. The van der Waals surface area contributed by atoms with Crippen LogP contribution in [0.2, 0.25) is 0 Å². The summed E-state index contributed by atoms with van der Waals surface area (Å²) < 4.78 is 0. The fourth-order valence-electron chi connectivity index (χ4n) is 2.01. The van der Waals surface area contributed by atoms with Crippen molar-refractivity contribution >= 4 is 29.3 Å². The molecule has 3 N–H and O–H groups in total. The van der Waals surface area contributed by atoms with Gasteiger partial charge in [0.05, 0.1) is 13.1 Å². The summed E-state index contributed by atoms with van der Waals surface area (Å²) in [7, 11) is 0. The zero-order valence-corrected chi connectivity index (χ0v) is 10.9. The van der Waals surface area contributed by atoms with Gasteiger partial charge < -0.3 is 20.2 Å². The first kappa shape index (κ1) is 15.2. The number of β-amino-alcohol motifs (C(OH)–C–C–N with tert-alkyl or cyclic N) is 2.